The number of nitrogens with zero attached hydrogens (tertiary/aromatic N) is 2. The molecule has 1 aliphatic heterocycles. The van der Waals surface area contributed by atoms with Crippen molar-refractivity contribution in [1.29, 1.82) is 0 Å². The van der Waals surface area contributed by atoms with Crippen LogP contribution in [0.3, 0.4) is 0 Å². The summed E-state index contributed by atoms with van der Waals surface area (Å²) in [5, 5.41) is 3.32. The minimum atomic E-state index is 0.830. The fraction of sp³-hybridized carbons (Fsp3) is 0.400. The average Bonchev–Trinajstić information content (AvgIpc) is 2.85. The fourth-order valence-corrected chi connectivity index (χ4v) is 2.22. The van der Waals surface area contributed by atoms with Gasteiger partial charge in [0.2, 0.25) is 0 Å². The van der Waals surface area contributed by atoms with Gasteiger partial charge in [-0.1, -0.05) is 18.2 Å². The number of aryl methyl sites for hydroxylation is 1. The molecular weight excluding hydrogens is 222 g/mol. The first kappa shape index (κ1) is 12.7. The van der Waals surface area contributed by atoms with Crippen molar-refractivity contribution in [1.82, 2.24) is 5.32 Å². The minimum absolute atomic E-state index is 0.830. The van der Waals surface area contributed by atoms with Crippen LogP contribution >= 0.6 is 0 Å². The maximum absolute atomic E-state index is 4.46. The van der Waals surface area contributed by atoms with E-state index in [4.69, 9.17) is 0 Å². The highest BCUT2D eigenvalue weighted by atomic mass is 15.2. The average molecular weight is 243 g/mol. The lowest BCUT2D eigenvalue weighted by Crippen LogP contribution is -2.35. The molecule has 1 heterocycles. The topological polar surface area (TPSA) is 27.6 Å². The Morgan fingerprint density at radius 1 is 1.44 bits per heavy atom. The fourth-order valence-electron chi connectivity index (χ4n) is 2.22. The molecule has 0 atom stereocenters. The van der Waals surface area contributed by atoms with Crippen LogP contribution in [-0.2, 0) is 0 Å². The number of aliphatic imine (C=N–C) groups is 1. The van der Waals surface area contributed by atoms with Crippen molar-refractivity contribution in [2.45, 2.75) is 13.8 Å². The predicted molar refractivity (Wildman–Crippen MR) is 78.6 cm³/mol. The van der Waals surface area contributed by atoms with Crippen molar-refractivity contribution in [2.24, 2.45) is 4.99 Å². The van der Waals surface area contributed by atoms with Gasteiger partial charge < -0.3 is 10.2 Å². The Balaban J connectivity index is 2.23. The van der Waals surface area contributed by atoms with Crippen molar-refractivity contribution in [3.8, 4) is 0 Å². The number of hydrogen-bond acceptors (Lipinski definition) is 3. The maximum Gasteiger partial charge on any atom is 0.116 e. The predicted octanol–water partition coefficient (Wildman–Crippen LogP) is 2.30. The van der Waals surface area contributed by atoms with Crippen LogP contribution in [0.2, 0.25) is 0 Å². The van der Waals surface area contributed by atoms with Crippen LogP contribution < -0.4 is 10.2 Å². The van der Waals surface area contributed by atoms with Crippen LogP contribution in [0, 0.1) is 13.8 Å². The van der Waals surface area contributed by atoms with Crippen LogP contribution in [0.15, 0.2) is 35.8 Å². The monoisotopic (exact) mass is 243 g/mol. The van der Waals surface area contributed by atoms with Crippen molar-refractivity contribution in [3.05, 3.63) is 42.0 Å². The van der Waals surface area contributed by atoms with E-state index in [0.29, 0.717) is 0 Å². The Hall–Kier alpha value is -1.77. The largest absolute Gasteiger partial charge is 0.370 e. The van der Waals surface area contributed by atoms with Crippen LogP contribution in [0.4, 0.5) is 5.69 Å². The van der Waals surface area contributed by atoms with Crippen LogP contribution in [0.25, 0.3) is 0 Å². The van der Waals surface area contributed by atoms with E-state index in [9.17, 15) is 0 Å². The third-order valence-electron chi connectivity index (χ3n) is 3.35. The smallest absolute Gasteiger partial charge is 0.116 e. The lowest BCUT2D eigenvalue weighted by atomic mass is 10.1. The van der Waals surface area contributed by atoms with E-state index in [2.05, 4.69) is 53.8 Å². The quantitative estimate of drug-likeness (QED) is 0.804. The van der Waals surface area contributed by atoms with Crippen LogP contribution in [0.1, 0.15) is 11.1 Å². The molecule has 0 fully saturated rings. The normalized spacial score (nSPS) is 14.0. The molecule has 3 heteroatoms. The number of hydrogen-bond donors (Lipinski definition) is 1. The molecule has 0 radical (unpaired) electrons. The van der Waals surface area contributed by atoms with Gasteiger partial charge in [0.15, 0.2) is 0 Å². The minimum Gasteiger partial charge on any atom is -0.370 e. The summed E-state index contributed by atoms with van der Waals surface area (Å²) >= 11 is 0. The first-order chi connectivity index (χ1) is 8.72. The van der Waals surface area contributed by atoms with E-state index in [1.165, 1.54) is 16.8 Å². The Morgan fingerprint density at radius 3 is 2.94 bits per heavy atom. The van der Waals surface area contributed by atoms with Crippen molar-refractivity contribution in [3.63, 3.8) is 0 Å². The number of amidine groups is 1. The first-order valence-corrected chi connectivity index (χ1v) is 6.41. The zero-order chi connectivity index (χ0) is 13.0. The third-order valence-corrected chi connectivity index (χ3v) is 3.35. The van der Waals surface area contributed by atoms with Crippen molar-refractivity contribution >= 4 is 11.5 Å². The molecule has 1 aromatic rings. The molecule has 0 aromatic heterocycles. The van der Waals surface area contributed by atoms with Gasteiger partial charge in [0.25, 0.3) is 0 Å². The summed E-state index contributed by atoms with van der Waals surface area (Å²) < 4.78 is 0. The Morgan fingerprint density at radius 2 is 2.28 bits per heavy atom. The molecule has 0 aliphatic carbocycles. The Labute approximate surface area is 109 Å². The van der Waals surface area contributed by atoms with E-state index >= 15 is 0 Å². The molecule has 0 saturated heterocycles. The molecule has 0 bridgehead atoms. The summed E-state index contributed by atoms with van der Waals surface area (Å²) in [4.78, 5) is 6.78. The van der Waals surface area contributed by atoms with Gasteiger partial charge in [-0.25, -0.2) is 0 Å². The molecular formula is C15H21N3. The maximum atomic E-state index is 4.46. The van der Waals surface area contributed by atoms with Gasteiger partial charge in [0.05, 0.1) is 13.1 Å². The molecule has 0 amide bonds. The molecule has 3 nitrogen and oxygen atoms in total. The summed E-state index contributed by atoms with van der Waals surface area (Å²) in [5.74, 6) is 1.08. The number of nitrogens with one attached hydrogen (secondary N) is 1. The molecule has 0 unspecified atom stereocenters. The zero-order valence-corrected chi connectivity index (χ0v) is 11.2. The summed E-state index contributed by atoms with van der Waals surface area (Å²) in [6, 6.07) is 6.43. The van der Waals surface area contributed by atoms with Gasteiger partial charge in [-0.15, -0.1) is 6.58 Å². The molecule has 0 saturated carbocycles. The van der Waals surface area contributed by atoms with Crippen molar-refractivity contribution in [2.75, 3.05) is 31.1 Å². The van der Waals surface area contributed by atoms with Gasteiger partial charge in [-0.05, 0) is 31.0 Å². The van der Waals surface area contributed by atoms with E-state index in [1.54, 1.807) is 0 Å². The molecule has 1 aliphatic rings. The number of benzene rings is 1. The number of anilines is 1. The van der Waals surface area contributed by atoms with E-state index in [0.717, 1.165) is 32.0 Å². The standard InChI is InChI=1S/C15H21N3/c1-4-10-18(11-15-16-8-9-17-15)14-7-5-6-12(2)13(14)3/h4-7H,1,8-11H2,2-3H3,(H,16,17). The summed E-state index contributed by atoms with van der Waals surface area (Å²) in [6.45, 7) is 11.7. The first-order valence-electron chi connectivity index (χ1n) is 6.41. The molecule has 2 rings (SSSR count). The SMILES string of the molecule is C=CCN(CC1=NCCN1)c1cccc(C)c1C. The molecule has 1 aromatic carbocycles. The van der Waals surface area contributed by atoms with Gasteiger partial charge >= 0.3 is 0 Å². The summed E-state index contributed by atoms with van der Waals surface area (Å²) in [7, 11) is 0. The highest BCUT2D eigenvalue weighted by molar-refractivity contribution is 5.88. The van der Waals surface area contributed by atoms with Crippen LogP contribution in [0.5, 0.6) is 0 Å². The summed E-state index contributed by atoms with van der Waals surface area (Å²) in [5.41, 5.74) is 3.92. The second-order valence-electron chi connectivity index (χ2n) is 4.64. The van der Waals surface area contributed by atoms with E-state index in [-0.39, 0.29) is 0 Å². The van der Waals surface area contributed by atoms with Crippen molar-refractivity contribution < 1.29 is 0 Å². The molecule has 0 spiro atoms. The lowest BCUT2D eigenvalue weighted by molar-refractivity contribution is 0.922. The lowest BCUT2D eigenvalue weighted by Gasteiger charge is -2.26. The Bertz CT molecular complexity index is 463. The van der Waals surface area contributed by atoms with Gasteiger partial charge in [-0.3, -0.25) is 4.99 Å². The van der Waals surface area contributed by atoms with Gasteiger partial charge in [0, 0.05) is 18.8 Å². The molecule has 96 valence electrons. The summed E-state index contributed by atoms with van der Waals surface area (Å²) in [6.07, 6.45) is 1.94. The zero-order valence-electron chi connectivity index (χ0n) is 11.2. The van der Waals surface area contributed by atoms with E-state index < -0.39 is 0 Å². The third kappa shape index (κ3) is 2.73. The second-order valence-corrected chi connectivity index (χ2v) is 4.64. The Kier molecular flexibility index (Phi) is 4.03. The number of rotatable bonds is 5. The highest BCUT2D eigenvalue weighted by Gasteiger charge is 2.13. The second kappa shape index (κ2) is 5.71. The van der Waals surface area contributed by atoms with Gasteiger partial charge in [-0.2, -0.15) is 0 Å². The molecule has 1 N–H and O–H groups in total. The van der Waals surface area contributed by atoms with Gasteiger partial charge in [0.1, 0.15) is 5.84 Å². The van der Waals surface area contributed by atoms with E-state index in [1.807, 2.05) is 6.08 Å². The highest BCUT2D eigenvalue weighted by Crippen LogP contribution is 2.22. The van der Waals surface area contributed by atoms with Crippen LogP contribution in [-0.4, -0.2) is 32.0 Å². The molecule has 18 heavy (non-hydrogen) atoms.